The Balaban J connectivity index is 2.80. The number of carbonyl (C=O) groups excluding carboxylic acids is 1. The third-order valence-electron chi connectivity index (χ3n) is 2.72. The zero-order valence-corrected chi connectivity index (χ0v) is 11.4. The monoisotopic (exact) mass is 252 g/mol. The van der Waals surface area contributed by atoms with Gasteiger partial charge in [-0.25, -0.2) is 0 Å². The Morgan fingerprint density at radius 3 is 2.82 bits per heavy atom. The van der Waals surface area contributed by atoms with E-state index in [4.69, 9.17) is 5.73 Å². The lowest BCUT2D eigenvalue weighted by atomic mass is 10.2. The van der Waals surface area contributed by atoms with E-state index in [1.807, 2.05) is 6.07 Å². The van der Waals surface area contributed by atoms with Gasteiger partial charge in [0.2, 0.25) is 0 Å². The van der Waals surface area contributed by atoms with Gasteiger partial charge in [-0.2, -0.15) is 0 Å². The van der Waals surface area contributed by atoms with Crippen LogP contribution in [0.5, 0.6) is 0 Å². The Hall–Kier alpha value is -1.16. The Bertz CT molecular complexity index is 393. The number of nitrogens with two attached hydrogens (primary N) is 1. The minimum atomic E-state index is -0.0737. The van der Waals surface area contributed by atoms with Crippen LogP contribution in [0.25, 0.3) is 0 Å². The zero-order valence-electron chi connectivity index (χ0n) is 10.6. The zero-order chi connectivity index (χ0) is 12.8. The second kappa shape index (κ2) is 6.55. The maximum absolute atomic E-state index is 11.5. The minimum absolute atomic E-state index is 0.0737. The molecular formula is C13H20N2OS. The fraction of sp³-hybridized carbons (Fsp3) is 0.462. The van der Waals surface area contributed by atoms with E-state index < -0.39 is 0 Å². The van der Waals surface area contributed by atoms with Gasteiger partial charge in [-0.1, -0.05) is 20.3 Å². The molecule has 0 saturated carbocycles. The van der Waals surface area contributed by atoms with Crippen molar-refractivity contribution in [2.45, 2.75) is 25.2 Å². The minimum Gasteiger partial charge on any atom is -0.398 e. The lowest BCUT2D eigenvalue weighted by Crippen LogP contribution is -2.17. The Kier molecular flexibility index (Phi) is 5.35. The molecule has 0 radical (unpaired) electrons. The number of anilines is 1. The molecule has 0 heterocycles. The molecule has 3 N–H and O–H groups in total. The predicted octanol–water partition coefficient (Wildman–Crippen LogP) is 2.77. The van der Waals surface area contributed by atoms with E-state index in [1.165, 1.54) is 0 Å². The maximum atomic E-state index is 11.5. The van der Waals surface area contributed by atoms with Crippen LogP contribution in [0.15, 0.2) is 23.1 Å². The fourth-order valence-corrected chi connectivity index (χ4v) is 2.44. The van der Waals surface area contributed by atoms with E-state index in [1.54, 1.807) is 30.9 Å². The third kappa shape index (κ3) is 3.97. The normalized spacial score (nSPS) is 12.2. The molecule has 0 spiro atoms. The molecule has 1 aromatic carbocycles. The van der Waals surface area contributed by atoms with E-state index in [0.29, 0.717) is 11.5 Å². The van der Waals surface area contributed by atoms with Crippen LogP contribution in [0, 0.1) is 5.92 Å². The van der Waals surface area contributed by atoms with Gasteiger partial charge in [0.1, 0.15) is 0 Å². The Morgan fingerprint density at radius 1 is 1.53 bits per heavy atom. The van der Waals surface area contributed by atoms with E-state index >= 15 is 0 Å². The number of nitrogens with one attached hydrogen (secondary N) is 1. The summed E-state index contributed by atoms with van der Waals surface area (Å²) in [7, 11) is 1.63. The lowest BCUT2D eigenvalue weighted by molar-refractivity contribution is 0.0963. The van der Waals surface area contributed by atoms with Gasteiger partial charge in [-0.15, -0.1) is 11.8 Å². The fourth-order valence-electron chi connectivity index (χ4n) is 1.29. The lowest BCUT2D eigenvalue weighted by Gasteiger charge is -2.10. The molecule has 4 heteroatoms. The first kappa shape index (κ1) is 13.9. The molecule has 1 atom stereocenters. The van der Waals surface area contributed by atoms with Crippen LogP contribution in [0.1, 0.15) is 30.6 Å². The molecule has 1 rings (SSSR count). The van der Waals surface area contributed by atoms with Crippen LogP contribution >= 0.6 is 11.8 Å². The van der Waals surface area contributed by atoms with Crippen molar-refractivity contribution < 1.29 is 4.79 Å². The smallest absolute Gasteiger partial charge is 0.251 e. The van der Waals surface area contributed by atoms with Crippen molar-refractivity contribution in [1.29, 1.82) is 0 Å². The summed E-state index contributed by atoms with van der Waals surface area (Å²) in [5, 5.41) is 2.61. The van der Waals surface area contributed by atoms with Crippen LogP contribution in [0.4, 0.5) is 5.69 Å². The first-order chi connectivity index (χ1) is 8.08. The van der Waals surface area contributed by atoms with Crippen LogP contribution in [-0.2, 0) is 0 Å². The molecule has 1 amide bonds. The number of thioether (sulfide) groups is 1. The standard InChI is InChI=1S/C13H20N2OS/c1-4-9(2)8-17-12-7-10(13(16)15-3)5-6-11(12)14/h5-7,9H,4,8,14H2,1-3H3,(H,15,16). The summed E-state index contributed by atoms with van der Waals surface area (Å²) in [6.07, 6.45) is 1.15. The van der Waals surface area contributed by atoms with Gasteiger partial charge in [0.15, 0.2) is 0 Å². The van der Waals surface area contributed by atoms with Gasteiger partial charge in [0.05, 0.1) is 0 Å². The quantitative estimate of drug-likeness (QED) is 0.626. The van der Waals surface area contributed by atoms with Crippen molar-refractivity contribution in [3.8, 4) is 0 Å². The van der Waals surface area contributed by atoms with E-state index in [-0.39, 0.29) is 5.91 Å². The van der Waals surface area contributed by atoms with Crippen LogP contribution in [0.2, 0.25) is 0 Å². The van der Waals surface area contributed by atoms with Crippen molar-refractivity contribution in [1.82, 2.24) is 5.32 Å². The number of hydrogen-bond acceptors (Lipinski definition) is 3. The summed E-state index contributed by atoms with van der Waals surface area (Å²) in [6.45, 7) is 4.39. The highest BCUT2D eigenvalue weighted by molar-refractivity contribution is 7.99. The molecular weight excluding hydrogens is 232 g/mol. The highest BCUT2D eigenvalue weighted by Gasteiger charge is 2.08. The van der Waals surface area contributed by atoms with Crippen molar-refractivity contribution in [3.05, 3.63) is 23.8 Å². The topological polar surface area (TPSA) is 55.1 Å². The summed E-state index contributed by atoms with van der Waals surface area (Å²) in [5.74, 6) is 1.61. The van der Waals surface area contributed by atoms with E-state index in [0.717, 1.165) is 22.8 Å². The Labute approximate surface area is 107 Å². The van der Waals surface area contributed by atoms with Gasteiger partial charge >= 0.3 is 0 Å². The molecule has 0 bridgehead atoms. The SMILES string of the molecule is CCC(C)CSc1cc(C(=O)NC)ccc1N. The summed E-state index contributed by atoms with van der Waals surface area (Å²) >= 11 is 1.72. The molecule has 3 nitrogen and oxygen atoms in total. The van der Waals surface area contributed by atoms with Crippen molar-refractivity contribution in [3.63, 3.8) is 0 Å². The van der Waals surface area contributed by atoms with Crippen LogP contribution < -0.4 is 11.1 Å². The predicted molar refractivity (Wildman–Crippen MR) is 74.4 cm³/mol. The van der Waals surface area contributed by atoms with Crippen LogP contribution in [-0.4, -0.2) is 18.7 Å². The largest absolute Gasteiger partial charge is 0.398 e. The molecule has 0 aliphatic rings. The van der Waals surface area contributed by atoms with Crippen LogP contribution in [0.3, 0.4) is 0 Å². The van der Waals surface area contributed by atoms with E-state index in [9.17, 15) is 4.79 Å². The number of hydrogen-bond donors (Lipinski definition) is 2. The second-order valence-corrected chi connectivity index (χ2v) is 5.22. The summed E-state index contributed by atoms with van der Waals surface area (Å²) < 4.78 is 0. The number of rotatable bonds is 5. The molecule has 94 valence electrons. The molecule has 17 heavy (non-hydrogen) atoms. The highest BCUT2D eigenvalue weighted by Crippen LogP contribution is 2.28. The first-order valence-electron chi connectivity index (χ1n) is 5.82. The maximum Gasteiger partial charge on any atom is 0.251 e. The molecule has 1 unspecified atom stereocenters. The van der Waals surface area contributed by atoms with Crippen molar-refractivity contribution in [2.75, 3.05) is 18.5 Å². The molecule has 0 aliphatic carbocycles. The Morgan fingerprint density at radius 2 is 2.24 bits per heavy atom. The molecule has 0 saturated heterocycles. The van der Waals surface area contributed by atoms with Gasteiger partial charge < -0.3 is 11.1 Å². The average Bonchev–Trinajstić information content (AvgIpc) is 2.36. The molecule has 0 fully saturated rings. The summed E-state index contributed by atoms with van der Waals surface area (Å²) in [4.78, 5) is 12.5. The van der Waals surface area contributed by atoms with Gasteiger partial charge in [-0.05, 0) is 24.1 Å². The number of carbonyl (C=O) groups is 1. The van der Waals surface area contributed by atoms with E-state index in [2.05, 4.69) is 19.2 Å². The highest BCUT2D eigenvalue weighted by atomic mass is 32.2. The average molecular weight is 252 g/mol. The molecule has 0 aliphatic heterocycles. The van der Waals surface area contributed by atoms with Gasteiger partial charge in [0.25, 0.3) is 5.91 Å². The second-order valence-electron chi connectivity index (χ2n) is 4.16. The number of amides is 1. The molecule has 0 aromatic heterocycles. The van der Waals surface area contributed by atoms with Gasteiger partial charge in [-0.3, -0.25) is 4.79 Å². The van der Waals surface area contributed by atoms with Crippen molar-refractivity contribution >= 4 is 23.4 Å². The molecule has 1 aromatic rings. The number of benzene rings is 1. The van der Waals surface area contributed by atoms with Crippen molar-refractivity contribution in [2.24, 2.45) is 5.92 Å². The third-order valence-corrected chi connectivity index (χ3v) is 4.12. The summed E-state index contributed by atoms with van der Waals surface area (Å²) in [6, 6.07) is 5.41. The van der Waals surface area contributed by atoms with Gasteiger partial charge in [0, 0.05) is 28.9 Å². The summed E-state index contributed by atoms with van der Waals surface area (Å²) in [5.41, 5.74) is 7.31. The first-order valence-corrected chi connectivity index (χ1v) is 6.81. The number of nitrogen functional groups attached to an aromatic ring is 1.